The van der Waals surface area contributed by atoms with Gasteiger partial charge in [0.15, 0.2) is 0 Å². The zero-order valence-electron chi connectivity index (χ0n) is 16.0. The van der Waals surface area contributed by atoms with Crippen molar-refractivity contribution in [1.29, 1.82) is 0 Å². The summed E-state index contributed by atoms with van der Waals surface area (Å²) in [6.45, 7) is 4.19. The van der Waals surface area contributed by atoms with Crippen LogP contribution in [0, 0.1) is 0 Å². The number of benzene rings is 1. The molecule has 2 aliphatic rings. The van der Waals surface area contributed by atoms with E-state index in [-0.39, 0.29) is 5.56 Å². The first kappa shape index (κ1) is 17.9. The van der Waals surface area contributed by atoms with E-state index in [9.17, 15) is 4.79 Å². The summed E-state index contributed by atoms with van der Waals surface area (Å²) >= 11 is 0. The highest BCUT2D eigenvalue weighted by molar-refractivity contribution is 5.41. The molecule has 3 heterocycles. The van der Waals surface area contributed by atoms with Gasteiger partial charge in [0.1, 0.15) is 11.5 Å². The lowest BCUT2D eigenvalue weighted by atomic mass is 10.1. The number of nitrogens with zero attached hydrogens (tertiary/aromatic N) is 3. The fraction of sp³-hybridized carbons (Fsp3) is 0.500. The van der Waals surface area contributed by atoms with E-state index in [4.69, 9.17) is 14.5 Å². The van der Waals surface area contributed by atoms with Crippen molar-refractivity contribution in [3.63, 3.8) is 0 Å². The van der Waals surface area contributed by atoms with E-state index in [2.05, 4.69) is 14.8 Å². The van der Waals surface area contributed by atoms with E-state index in [1.54, 1.807) is 14.2 Å². The maximum absolute atomic E-state index is 12.5. The number of hydrogen-bond acceptors (Lipinski definition) is 6. The van der Waals surface area contributed by atoms with Crippen LogP contribution in [0.1, 0.15) is 29.7 Å². The monoisotopic (exact) mass is 370 g/mol. The lowest BCUT2D eigenvalue weighted by Crippen LogP contribution is -2.36. The van der Waals surface area contributed by atoms with Crippen molar-refractivity contribution in [3.05, 3.63) is 45.4 Å². The topological polar surface area (TPSA) is 70.7 Å². The minimum absolute atomic E-state index is 0.0172. The third-order valence-corrected chi connectivity index (χ3v) is 5.43. The standard InChI is InChI=1S/C20H26N4O3/c1-26-15-6-5-14(18(11-15)27-2)12-23-10-7-16-17(13-23)21-20(22-19(16)25)24-8-3-4-9-24/h5-6,11H,3-4,7-10,12-13H2,1-2H3,(H,21,22,25). The van der Waals surface area contributed by atoms with Crippen LogP contribution >= 0.6 is 0 Å². The van der Waals surface area contributed by atoms with Gasteiger partial charge in [-0.15, -0.1) is 0 Å². The van der Waals surface area contributed by atoms with E-state index < -0.39 is 0 Å². The molecule has 0 bridgehead atoms. The highest BCUT2D eigenvalue weighted by Crippen LogP contribution is 2.27. The molecule has 1 saturated heterocycles. The maximum Gasteiger partial charge on any atom is 0.255 e. The van der Waals surface area contributed by atoms with Gasteiger partial charge >= 0.3 is 0 Å². The second kappa shape index (κ2) is 7.60. The normalized spacial score (nSPS) is 17.0. The van der Waals surface area contributed by atoms with Crippen LogP contribution in [0.4, 0.5) is 5.95 Å². The predicted molar refractivity (Wildman–Crippen MR) is 104 cm³/mol. The average molecular weight is 370 g/mol. The average Bonchev–Trinajstić information content (AvgIpc) is 3.23. The fourth-order valence-corrected chi connectivity index (χ4v) is 3.92. The molecule has 0 radical (unpaired) electrons. The molecule has 4 rings (SSSR count). The highest BCUT2D eigenvalue weighted by Gasteiger charge is 2.24. The largest absolute Gasteiger partial charge is 0.497 e. The number of H-pyrrole nitrogens is 1. The summed E-state index contributed by atoms with van der Waals surface area (Å²) in [6, 6.07) is 5.89. The van der Waals surface area contributed by atoms with Crippen LogP contribution in [-0.4, -0.2) is 48.7 Å². The van der Waals surface area contributed by atoms with Gasteiger partial charge in [0.2, 0.25) is 5.95 Å². The summed E-state index contributed by atoms with van der Waals surface area (Å²) in [6.07, 6.45) is 3.03. The molecule has 2 aliphatic heterocycles. The molecule has 0 spiro atoms. The SMILES string of the molecule is COc1ccc(CN2CCc3c(nc(N4CCCC4)[nH]c3=O)C2)c(OC)c1. The molecule has 0 saturated carbocycles. The van der Waals surface area contributed by atoms with Gasteiger partial charge in [0.05, 0.1) is 19.9 Å². The molecule has 0 atom stereocenters. The summed E-state index contributed by atoms with van der Waals surface area (Å²) in [5.41, 5.74) is 2.85. The first-order valence-corrected chi connectivity index (χ1v) is 9.48. The summed E-state index contributed by atoms with van der Waals surface area (Å²) in [5.74, 6) is 2.32. The molecule has 1 aromatic heterocycles. The quantitative estimate of drug-likeness (QED) is 0.867. The van der Waals surface area contributed by atoms with Gasteiger partial charge in [-0.05, 0) is 25.3 Å². The Morgan fingerprint density at radius 2 is 1.96 bits per heavy atom. The molecule has 0 amide bonds. The number of anilines is 1. The first-order valence-electron chi connectivity index (χ1n) is 9.48. The molecule has 0 unspecified atom stereocenters. The second-order valence-electron chi connectivity index (χ2n) is 7.15. The van der Waals surface area contributed by atoms with Crippen LogP contribution < -0.4 is 19.9 Å². The van der Waals surface area contributed by atoms with Gasteiger partial charge < -0.3 is 14.4 Å². The molecule has 144 valence electrons. The number of rotatable bonds is 5. The first-order chi connectivity index (χ1) is 13.2. The Balaban J connectivity index is 1.55. The summed E-state index contributed by atoms with van der Waals surface area (Å²) in [7, 11) is 3.32. The third-order valence-electron chi connectivity index (χ3n) is 5.43. The van der Waals surface area contributed by atoms with E-state index in [1.807, 2.05) is 18.2 Å². The van der Waals surface area contributed by atoms with Crippen molar-refractivity contribution in [1.82, 2.24) is 14.9 Å². The number of ether oxygens (including phenoxy) is 2. The molecule has 27 heavy (non-hydrogen) atoms. The van der Waals surface area contributed by atoms with Crippen LogP contribution in [0.3, 0.4) is 0 Å². The lowest BCUT2D eigenvalue weighted by Gasteiger charge is -2.29. The Hall–Kier alpha value is -2.54. The lowest BCUT2D eigenvalue weighted by molar-refractivity contribution is 0.236. The Bertz CT molecular complexity index is 874. The minimum Gasteiger partial charge on any atom is -0.497 e. The molecule has 2 aromatic rings. The third kappa shape index (κ3) is 3.64. The van der Waals surface area contributed by atoms with Crippen molar-refractivity contribution in [3.8, 4) is 11.5 Å². The van der Waals surface area contributed by atoms with Gasteiger partial charge in [-0.3, -0.25) is 14.7 Å². The van der Waals surface area contributed by atoms with Gasteiger partial charge in [-0.2, -0.15) is 0 Å². The number of aromatic amines is 1. The minimum atomic E-state index is 0.0172. The molecule has 0 aliphatic carbocycles. The van der Waals surface area contributed by atoms with Crippen LogP contribution in [-0.2, 0) is 19.5 Å². The molecule has 7 heteroatoms. The summed E-state index contributed by atoms with van der Waals surface area (Å²) in [4.78, 5) is 24.8. The number of methoxy groups -OCH3 is 2. The van der Waals surface area contributed by atoms with Crippen LogP contribution in [0.2, 0.25) is 0 Å². The molecular weight excluding hydrogens is 344 g/mol. The maximum atomic E-state index is 12.5. The Kier molecular flexibility index (Phi) is 5.03. The van der Waals surface area contributed by atoms with E-state index >= 15 is 0 Å². The molecule has 7 nitrogen and oxygen atoms in total. The molecule has 1 fully saturated rings. The Morgan fingerprint density at radius 1 is 1.15 bits per heavy atom. The number of fused-ring (bicyclic) bond motifs is 1. The number of nitrogens with one attached hydrogen (secondary N) is 1. The van der Waals surface area contributed by atoms with E-state index in [0.29, 0.717) is 6.54 Å². The molecule has 1 aromatic carbocycles. The fourth-order valence-electron chi connectivity index (χ4n) is 3.92. The second-order valence-corrected chi connectivity index (χ2v) is 7.15. The van der Waals surface area contributed by atoms with Gasteiger partial charge in [0.25, 0.3) is 5.56 Å². The smallest absolute Gasteiger partial charge is 0.255 e. The van der Waals surface area contributed by atoms with Crippen LogP contribution in [0.25, 0.3) is 0 Å². The predicted octanol–water partition coefficient (Wildman–Crippen LogP) is 1.95. The van der Waals surface area contributed by atoms with Gasteiger partial charge in [0, 0.05) is 49.9 Å². The summed E-state index contributed by atoms with van der Waals surface area (Å²) in [5, 5.41) is 0. The van der Waals surface area contributed by atoms with Crippen molar-refractivity contribution < 1.29 is 9.47 Å². The number of aromatic nitrogens is 2. The van der Waals surface area contributed by atoms with E-state index in [1.165, 1.54) is 0 Å². The zero-order valence-corrected chi connectivity index (χ0v) is 16.0. The van der Waals surface area contributed by atoms with Crippen molar-refractivity contribution >= 4 is 5.95 Å². The molecule has 1 N–H and O–H groups in total. The van der Waals surface area contributed by atoms with Crippen molar-refractivity contribution in [2.75, 3.05) is 38.8 Å². The highest BCUT2D eigenvalue weighted by atomic mass is 16.5. The molecular formula is C20H26N4O3. The van der Waals surface area contributed by atoms with Crippen LogP contribution in [0.15, 0.2) is 23.0 Å². The van der Waals surface area contributed by atoms with Crippen molar-refractivity contribution in [2.45, 2.75) is 32.4 Å². The van der Waals surface area contributed by atoms with Crippen LogP contribution in [0.5, 0.6) is 11.5 Å². The number of hydrogen-bond donors (Lipinski definition) is 1. The Labute approximate surface area is 158 Å². The van der Waals surface area contributed by atoms with Gasteiger partial charge in [-0.25, -0.2) is 4.98 Å². The van der Waals surface area contributed by atoms with Gasteiger partial charge in [-0.1, -0.05) is 6.07 Å². The Morgan fingerprint density at radius 3 is 2.70 bits per heavy atom. The summed E-state index contributed by atoms with van der Waals surface area (Å²) < 4.78 is 10.8. The zero-order chi connectivity index (χ0) is 18.8. The van der Waals surface area contributed by atoms with E-state index in [0.717, 1.165) is 79.7 Å². The van der Waals surface area contributed by atoms with Crippen molar-refractivity contribution in [2.24, 2.45) is 0 Å².